The van der Waals surface area contributed by atoms with Crippen molar-refractivity contribution in [3.05, 3.63) is 48.5 Å². The van der Waals surface area contributed by atoms with Crippen molar-refractivity contribution in [1.29, 1.82) is 0 Å². The second-order valence-electron chi connectivity index (χ2n) is 8.93. The van der Waals surface area contributed by atoms with Crippen molar-refractivity contribution in [2.24, 2.45) is 17.6 Å². The summed E-state index contributed by atoms with van der Waals surface area (Å²) in [4.78, 5) is 23.7. The molecular weight excluding hydrogens is 435 g/mol. The average molecular weight is 456 g/mol. The minimum Gasteiger partial charge on any atom is -0.422 e. The summed E-state index contributed by atoms with van der Waals surface area (Å²) in [5.74, 6) is 1.79. The van der Waals surface area contributed by atoms with E-state index in [0.717, 1.165) is 40.4 Å². The molecule has 2 unspecified atom stereocenters. The Hall–Kier alpha value is -4.05. The first-order valence-corrected chi connectivity index (χ1v) is 11.2. The van der Waals surface area contributed by atoms with Crippen LogP contribution in [0, 0.1) is 17.7 Å². The van der Waals surface area contributed by atoms with Gasteiger partial charge in [0, 0.05) is 43.8 Å². The van der Waals surface area contributed by atoms with E-state index in [1.54, 1.807) is 25.5 Å². The van der Waals surface area contributed by atoms with Gasteiger partial charge < -0.3 is 25.7 Å². The van der Waals surface area contributed by atoms with Crippen molar-refractivity contribution in [2.45, 2.75) is 6.04 Å². The lowest BCUT2D eigenvalue weighted by molar-refractivity contribution is 0.442. The molecule has 1 saturated carbocycles. The molecule has 2 aliphatic rings. The molecule has 1 aliphatic heterocycles. The van der Waals surface area contributed by atoms with Crippen molar-refractivity contribution in [3.63, 3.8) is 0 Å². The molecule has 9 nitrogen and oxygen atoms in total. The van der Waals surface area contributed by atoms with E-state index in [2.05, 4.69) is 30.2 Å². The van der Waals surface area contributed by atoms with E-state index in [1.807, 2.05) is 12.1 Å². The number of aromatic nitrogens is 5. The summed E-state index contributed by atoms with van der Waals surface area (Å²) in [7, 11) is 1.76. The Morgan fingerprint density at radius 1 is 1.15 bits per heavy atom. The van der Waals surface area contributed by atoms with Gasteiger partial charge in [-0.1, -0.05) is 0 Å². The fourth-order valence-corrected chi connectivity index (χ4v) is 5.14. The molecule has 0 bridgehead atoms. The molecule has 4 aromatic heterocycles. The maximum atomic E-state index is 14.5. The zero-order valence-corrected chi connectivity index (χ0v) is 18.3. The van der Waals surface area contributed by atoms with Gasteiger partial charge in [-0.25, -0.2) is 4.39 Å². The summed E-state index contributed by atoms with van der Waals surface area (Å²) in [6.07, 6.45) is 3.34. The van der Waals surface area contributed by atoms with Crippen molar-refractivity contribution in [3.8, 4) is 11.8 Å². The Morgan fingerprint density at radius 2 is 2.00 bits per heavy atom. The Balaban J connectivity index is 1.39. The third-order valence-corrected chi connectivity index (χ3v) is 6.95. The molecule has 5 heterocycles. The zero-order valence-electron chi connectivity index (χ0n) is 18.3. The van der Waals surface area contributed by atoms with E-state index in [9.17, 15) is 4.39 Å². The summed E-state index contributed by atoms with van der Waals surface area (Å²) >= 11 is 0. The van der Waals surface area contributed by atoms with Crippen molar-refractivity contribution in [2.75, 3.05) is 30.4 Å². The predicted molar refractivity (Wildman–Crippen MR) is 128 cm³/mol. The zero-order chi connectivity index (χ0) is 23.0. The summed E-state index contributed by atoms with van der Waals surface area (Å²) in [5, 5.41) is 4.55. The molecule has 0 radical (unpaired) electrons. The first-order chi connectivity index (χ1) is 16.6. The minimum atomic E-state index is -0.329. The minimum absolute atomic E-state index is 0.183. The number of nitrogens with one attached hydrogen (secondary N) is 2. The van der Waals surface area contributed by atoms with Crippen LogP contribution >= 0.6 is 0 Å². The first-order valence-electron chi connectivity index (χ1n) is 11.2. The highest BCUT2D eigenvalue weighted by atomic mass is 19.1. The van der Waals surface area contributed by atoms with Gasteiger partial charge in [-0.3, -0.25) is 9.97 Å². The highest BCUT2D eigenvalue weighted by molar-refractivity contribution is 6.14. The van der Waals surface area contributed by atoms with E-state index in [0.29, 0.717) is 34.7 Å². The number of hydrogen-bond acceptors (Lipinski definition) is 8. The number of ether oxygens (including phenoxy) is 1. The van der Waals surface area contributed by atoms with Crippen LogP contribution in [0.5, 0.6) is 11.8 Å². The van der Waals surface area contributed by atoms with E-state index >= 15 is 0 Å². The lowest BCUT2D eigenvalue weighted by Crippen LogP contribution is -2.29. The Kier molecular flexibility index (Phi) is 3.98. The van der Waals surface area contributed by atoms with Crippen LogP contribution in [-0.2, 0) is 0 Å². The quantitative estimate of drug-likeness (QED) is 0.377. The highest BCUT2D eigenvalue weighted by Crippen LogP contribution is 2.47. The second kappa shape index (κ2) is 6.97. The monoisotopic (exact) mass is 456 g/mol. The number of benzene rings is 1. The molecule has 170 valence electrons. The van der Waals surface area contributed by atoms with Gasteiger partial charge in [0.15, 0.2) is 5.75 Å². The molecule has 1 aromatic carbocycles. The first kappa shape index (κ1) is 19.4. The van der Waals surface area contributed by atoms with Crippen LogP contribution in [0.4, 0.5) is 15.9 Å². The number of hydrogen-bond donors (Lipinski definition) is 3. The number of pyridine rings is 2. The van der Waals surface area contributed by atoms with Crippen LogP contribution in [0.2, 0.25) is 0 Å². The number of aromatic amines is 1. The number of nitrogens with two attached hydrogens (primary N) is 1. The normalized spacial score (nSPS) is 21.4. The Labute approximate surface area is 193 Å². The molecular formula is C24H21FN8O. The molecule has 5 aromatic rings. The number of H-pyrrole nitrogens is 1. The third kappa shape index (κ3) is 2.88. The van der Waals surface area contributed by atoms with Crippen LogP contribution in [-0.4, -0.2) is 51.1 Å². The molecule has 0 amide bonds. The van der Waals surface area contributed by atoms with Gasteiger partial charge in [0.1, 0.15) is 17.3 Å². The SMILES string of the molecule is CNc1cc(F)cc2c1[nH]c1nc(Oc3cnc4cccnc4c3)nc(N3CC4C(N)C4C3)c12. The van der Waals surface area contributed by atoms with Crippen molar-refractivity contribution < 1.29 is 9.13 Å². The van der Waals surface area contributed by atoms with E-state index in [-0.39, 0.29) is 17.9 Å². The summed E-state index contributed by atoms with van der Waals surface area (Å²) in [6, 6.07) is 8.94. The lowest BCUT2D eigenvalue weighted by atomic mass is 10.1. The number of anilines is 2. The van der Waals surface area contributed by atoms with Crippen LogP contribution in [0.15, 0.2) is 42.7 Å². The maximum Gasteiger partial charge on any atom is 0.326 e. The molecule has 1 aliphatic carbocycles. The fourth-order valence-electron chi connectivity index (χ4n) is 5.14. The molecule has 0 spiro atoms. The second-order valence-corrected chi connectivity index (χ2v) is 8.93. The number of fused-ring (bicyclic) bond motifs is 5. The van der Waals surface area contributed by atoms with Gasteiger partial charge in [-0.2, -0.15) is 9.97 Å². The number of piperidine rings is 1. The standard InChI is InChI=1S/C24H21FN8O/c1-27-18-6-11(25)5-13-19-22(30-21(13)18)31-24(32-23(19)33-9-14-15(10-33)20(14)26)34-12-7-17-16(29-8-12)3-2-4-28-17/h2-8,14-15,20,27H,9-10,26H2,1H3,(H,30,31,32). The number of rotatable bonds is 4. The summed E-state index contributed by atoms with van der Waals surface area (Å²) in [6.45, 7) is 1.61. The van der Waals surface area contributed by atoms with Crippen LogP contribution < -0.4 is 20.7 Å². The fraction of sp³-hybridized carbons (Fsp3) is 0.250. The summed E-state index contributed by atoms with van der Waals surface area (Å²) < 4.78 is 20.5. The predicted octanol–water partition coefficient (Wildman–Crippen LogP) is 3.42. The van der Waals surface area contributed by atoms with Gasteiger partial charge in [-0.15, -0.1) is 0 Å². The highest BCUT2D eigenvalue weighted by Gasteiger charge is 2.54. The van der Waals surface area contributed by atoms with Gasteiger partial charge in [0.05, 0.1) is 33.8 Å². The molecule has 7 rings (SSSR count). The number of nitrogens with zero attached hydrogens (tertiary/aromatic N) is 5. The number of halogens is 1. The van der Waals surface area contributed by atoms with Gasteiger partial charge in [-0.05, 0) is 36.1 Å². The van der Waals surface area contributed by atoms with Gasteiger partial charge in [0.25, 0.3) is 0 Å². The molecule has 2 fully saturated rings. The van der Waals surface area contributed by atoms with E-state index < -0.39 is 0 Å². The molecule has 34 heavy (non-hydrogen) atoms. The topological polar surface area (TPSA) is 118 Å². The largest absolute Gasteiger partial charge is 0.422 e. The van der Waals surface area contributed by atoms with E-state index in [1.165, 1.54) is 12.1 Å². The van der Waals surface area contributed by atoms with Gasteiger partial charge >= 0.3 is 6.01 Å². The van der Waals surface area contributed by atoms with Crippen LogP contribution in [0.25, 0.3) is 33.0 Å². The molecule has 2 atom stereocenters. The van der Waals surface area contributed by atoms with Crippen LogP contribution in [0.1, 0.15) is 0 Å². The van der Waals surface area contributed by atoms with E-state index in [4.69, 9.17) is 15.5 Å². The molecule has 10 heteroatoms. The smallest absolute Gasteiger partial charge is 0.326 e. The summed E-state index contributed by atoms with van der Waals surface area (Å²) in [5.41, 5.74) is 9.66. The van der Waals surface area contributed by atoms with Crippen molar-refractivity contribution >= 4 is 44.5 Å². The molecule has 4 N–H and O–H groups in total. The van der Waals surface area contributed by atoms with Crippen LogP contribution in [0.3, 0.4) is 0 Å². The van der Waals surface area contributed by atoms with Gasteiger partial charge in [0.2, 0.25) is 0 Å². The Morgan fingerprint density at radius 3 is 2.82 bits per heavy atom. The third-order valence-electron chi connectivity index (χ3n) is 6.95. The molecule has 1 saturated heterocycles. The maximum absolute atomic E-state index is 14.5. The van der Waals surface area contributed by atoms with Crippen molar-refractivity contribution in [1.82, 2.24) is 24.9 Å². The Bertz CT molecular complexity index is 1590. The lowest BCUT2D eigenvalue weighted by Gasteiger charge is -2.21. The average Bonchev–Trinajstić information content (AvgIpc) is 3.19.